The lowest BCUT2D eigenvalue weighted by atomic mass is 9.88. The van der Waals surface area contributed by atoms with Gasteiger partial charge in [-0.3, -0.25) is 19.4 Å². The van der Waals surface area contributed by atoms with Gasteiger partial charge in [-0.1, -0.05) is 31.7 Å². The van der Waals surface area contributed by atoms with Crippen molar-refractivity contribution < 1.29 is 9.59 Å². The molecule has 2 aliphatic heterocycles. The van der Waals surface area contributed by atoms with Crippen molar-refractivity contribution in [2.75, 3.05) is 26.2 Å². The summed E-state index contributed by atoms with van der Waals surface area (Å²) in [5.74, 6) is -0.0864. The lowest BCUT2D eigenvalue weighted by Gasteiger charge is -2.38. The van der Waals surface area contributed by atoms with Gasteiger partial charge in [0, 0.05) is 35.3 Å². The van der Waals surface area contributed by atoms with Crippen molar-refractivity contribution in [3.8, 4) is 0 Å². The van der Waals surface area contributed by atoms with Gasteiger partial charge in [0.1, 0.15) is 0 Å². The largest absolute Gasteiger partial charge is 0.348 e. The predicted octanol–water partition coefficient (Wildman–Crippen LogP) is 3.96. The highest BCUT2D eigenvalue weighted by atomic mass is 16.2. The molecule has 4 atom stereocenters. The smallest absolute Gasteiger partial charge is 0.251 e. The number of hydrogen-bond donors (Lipinski definition) is 2. The first-order valence-corrected chi connectivity index (χ1v) is 13.9. The molecule has 1 aromatic carbocycles. The van der Waals surface area contributed by atoms with E-state index in [9.17, 15) is 9.59 Å². The van der Waals surface area contributed by atoms with Crippen LogP contribution in [0.5, 0.6) is 0 Å². The predicted molar refractivity (Wildman–Crippen MR) is 135 cm³/mol. The summed E-state index contributed by atoms with van der Waals surface area (Å²) in [5, 5.41) is 6.67. The Kier molecular flexibility index (Phi) is 7.85. The van der Waals surface area contributed by atoms with Crippen LogP contribution in [-0.2, 0) is 0 Å². The second-order valence-electron chi connectivity index (χ2n) is 10.9. The van der Waals surface area contributed by atoms with E-state index >= 15 is 0 Å². The molecule has 0 bridgehead atoms. The van der Waals surface area contributed by atoms with Crippen LogP contribution < -0.4 is 10.6 Å². The molecule has 2 saturated heterocycles. The van der Waals surface area contributed by atoms with Crippen LogP contribution in [0.25, 0.3) is 0 Å². The van der Waals surface area contributed by atoms with Crippen molar-refractivity contribution in [2.24, 2.45) is 0 Å². The van der Waals surface area contributed by atoms with Crippen LogP contribution in [0.1, 0.15) is 97.8 Å². The molecule has 4 fully saturated rings. The Morgan fingerprint density at radius 1 is 0.618 bits per heavy atom. The van der Waals surface area contributed by atoms with Crippen LogP contribution in [0, 0.1) is 0 Å². The van der Waals surface area contributed by atoms with Gasteiger partial charge in [-0.05, 0) is 95.7 Å². The number of benzene rings is 1. The number of hydrogen-bond acceptors (Lipinski definition) is 4. The first kappa shape index (κ1) is 23.8. The molecule has 6 heteroatoms. The summed E-state index contributed by atoms with van der Waals surface area (Å²) in [6.45, 7) is 4.64. The van der Waals surface area contributed by atoms with Gasteiger partial charge in [0.25, 0.3) is 11.8 Å². The van der Waals surface area contributed by atoms with Gasteiger partial charge >= 0.3 is 0 Å². The zero-order valence-corrected chi connectivity index (χ0v) is 20.6. The van der Waals surface area contributed by atoms with Gasteiger partial charge in [0.05, 0.1) is 0 Å². The minimum atomic E-state index is -0.0432. The van der Waals surface area contributed by atoms with Crippen LogP contribution in [0.2, 0.25) is 0 Å². The maximum absolute atomic E-state index is 13.2. The maximum Gasteiger partial charge on any atom is 0.251 e. The van der Waals surface area contributed by atoms with Crippen LogP contribution in [-0.4, -0.2) is 72.0 Å². The first-order chi connectivity index (χ1) is 16.7. The van der Waals surface area contributed by atoms with Crippen molar-refractivity contribution >= 4 is 11.8 Å². The quantitative estimate of drug-likeness (QED) is 0.666. The van der Waals surface area contributed by atoms with Crippen molar-refractivity contribution in [1.29, 1.82) is 0 Å². The number of carbonyl (C=O) groups is 2. The van der Waals surface area contributed by atoms with E-state index in [0.717, 1.165) is 39.0 Å². The third-order valence-corrected chi connectivity index (χ3v) is 8.70. The highest BCUT2D eigenvalue weighted by molar-refractivity contribution is 5.99. The Morgan fingerprint density at radius 2 is 1.03 bits per heavy atom. The standard InChI is InChI=1S/C28H42N4O2/c33-27(29-23-12-1-3-14-25(23)31-16-5-6-17-31)21-10-9-11-22(20-21)28(34)30-24-13-2-4-15-26(24)32-18-7-8-19-32/h9-11,20,23-26H,1-8,12-19H2,(H,29,33)(H,30,34)/t23-,24-,25-,26-/m1/s1. The van der Waals surface area contributed by atoms with Crippen molar-refractivity contribution in [3.05, 3.63) is 35.4 Å². The fourth-order valence-electron chi connectivity index (χ4n) is 6.89. The summed E-state index contributed by atoms with van der Waals surface area (Å²) in [4.78, 5) is 31.5. The number of rotatable bonds is 6. The van der Waals surface area contributed by atoms with E-state index in [1.165, 1.54) is 64.2 Å². The van der Waals surface area contributed by atoms with Crippen molar-refractivity contribution in [3.63, 3.8) is 0 Å². The van der Waals surface area contributed by atoms with E-state index in [1.807, 2.05) is 18.2 Å². The SMILES string of the molecule is O=C(N[C@@H]1CCCC[C@H]1N1CCCC1)c1cccc(C(=O)N[C@@H]2CCCC[C@H]2N2CCCC2)c1. The molecule has 2 amide bonds. The summed E-state index contributed by atoms with van der Waals surface area (Å²) < 4.78 is 0. The summed E-state index contributed by atoms with van der Waals surface area (Å²) in [6, 6.07) is 8.65. The van der Waals surface area contributed by atoms with Gasteiger partial charge in [0.2, 0.25) is 0 Å². The van der Waals surface area contributed by atoms with E-state index in [2.05, 4.69) is 20.4 Å². The molecule has 186 valence electrons. The Labute approximate surface area is 204 Å². The number of nitrogens with one attached hydrogen (secondary N) is 2. The molecule has 2 N–H and O–H groups in total. The first-order valence-electron chi connectivity index (χ1n) is 13.9. The molecular formula is C28H42N4O2. The second kappa shape index (κ2) is 11.2. The molecule has 2 aliphatic carbocycles. The number of likely N-dealkylation sites (tertiary alicyclic amines) is 2. The monoisotopic (exact) mass is 466 g/mol. The minimum absolute atomic E-state index is 0.0432. The average molecular weight is 467 g/mol. The summed E-state index contributed by atoms with van der Waals surface area (Å²) >= 11 is 0. The molecule has 4 aliphatic rings. The number of carbonyl (C=O) groups excluding carboxylic acids is 2. The number of nitrogens with zero attached hydrogens (tertiary/aromatic N) is 2. The molecule has 2 saturated carbocycles. The third kappa shape index (κ3) is 5.49. The second-order valence-corrected chi connectivity index (χ2v) is 10.9. The summed E-state index contributed by atoms with van der Waals surface area (Å²) in [6.07, 6.45) is 14.4. The Hall–Kier alpha value is -1.92. The lowest BCUT2D eigenvalue weighted by Crippen LogP contribution is -2.52. The minimum Gasteiger partial charge on any atom is -0.348 e. The lowest BCUT2D eigenvalue weighted by molar-refractivity contribution is 0.0862. The molecule has 0 spiro atoms. The fourth-order valence-corrected chi connectivity index (χ4v) is 6.89. The molecule has 0 aromatic heterocycles. The molecule has 34 heavy (non-hydrogen) atoms. The van der Waals surface area contributed by atoms with Gasteiger partial charge in [-0.25, -0.2) is 0 Å². The maximum atomic E-state index is 13.2. The summed E-state index contributed by atoms with van der Waals surface area (Å²) in [7, 11) is 0. The normalized spacial score (nSPS) is 30.8. The summed E-state index contributed by atoms with van der Waals surface area (Å²) in [5.41, 5.74) is 1.19. The zero-order valence-electron chi connectivity index (χ0n) is 20.6. The fraction of sp³-hybridized carbons (Fsp3) is 0.714. The molecule has 1 aromatic rings. The van der Waals surface area contributed by atoms with Crippen LogP contribution in [0.4, 0.5) is 0 Å². The molecule has 2 heterocycles. The Bertz CT molecular complexity index is 781. The highest BCUT2D eigenvalue weighted by Crippen LogP contribution is 2.28. The van der Waals surface area contributed by atoms with Gasteiger partial charge in [0.15, 0.2) is 0 Å². The van der Waals surface area contributed by atoms with Crippen LogP contribution >= 0.6 is 0 Å². The molecule has 5 rings (SSSR count). The molecule has 0 unspecified atom stereocenters. The van der Waals surface area contributed by atoms with E-state index in [4.69, 9.17) is 0 Å². The van der Waals surface area contributed by atoms with E-state index < -0.39 is 0 Å². The van der Waals surface area contributed by atoms with E-state index in [1.54, 1.807) is 6.07 Å². The molecule has 6 nitrogen and oxygen atoms in total. The van der Waals surface area contributed by atoms with Gasteiger partial charge < -0.3 is 10.6 Å². The topological polar surface area (TPSA) is 64.7 Å². The molecule has 0 radical (unpaired) electrons. The Morgan fingerprint density at radius 3 is 1.47 bits per heavy atom. The van der Waals surface area contributed by atoms with Gasteiger partial charge in [-0.15, -0.1) is 0 Å². The van der Waals surface area contributed by atoms with E-state index in [0.29, 0.717) is 23.2 Å². The third-order valence-electron chi connectivity index (χ3n) is 8.70. The zero-order chi connectivity index (χ0) is 23.3. The van der Waals surface area contributed by atoms with E-state index in [-0.39, 0.29) is 23.9 Å². The van der Waals surface area contributed by atoms with Crippen molar-refractivity contribution in [2.45, 2.75) is 101 Å². The van der Waals surface area contributed by atoms with Crippen LogP contribution in [0.15, 0.2) is 24.3 Å². The Balaban J connectivity index is 1.22. The number of amides is 2. The average Bonchev–Trinajstić information content (AvgIpc) is 3.60. The van der Waals surface area contributed by atoms with Crippen LogP contribution in [0.3, 0.4) is 0 Å². The molecular weight excluding hydrogens is 424 g/mol. The van der Waals surface area contributed by atoms with Crippen molar-refractivity contribution in [1.82, 2.24) is 20.4 Å². The highest BCUT2D eigenvalue weighted by Gasteiger charge is 2.34. The van der Waals surface area contributed by atoms with Gasteiger partial charge in [-0.2, -0.15) is 0 Å².